The lowest BCUT2D eigenvalue weighted by molar-refractivity contribution is 0.0917. The molecule has 3 aromatic rings. The second-order valence-corrected chi connectivity index (χ2v) is 7.39. The Labute approximate surface area is 162 Å². The van der Waals surface area contributed by atoms with Crippen LogP contribution >= 0.6 is 11.3 Å². The molecule has 27 heavy (non-hydrogen) atoms. The van der Waals surface area contributed by atoms with E-state index in [-0.39, 0.29) is 12.5 Å². The van der Waals surface area contributed by atoms with Crippen LogP contribution in [0.2, 0.25) is 0 Å². The first-order chi connectivity index (χ1) is 13.1. The summed E-state index contributed by atoms with van der Waals surface area (Å²) >= 11 is 1.35. The van der Waals surface area contributed by atoms with E-state index in [4.69, 9.17) is 0 Å². The van der Waals surface area contributed by atoms with Crippen molar-refractivity contribution in [2.75, 3.05) is 18.4 Å². The molecule has 0 aliphatic heterocycles. The topological polar surface area (TPSA) is 87.1 Å². The Morgan fingerprint density at radius 3 is 2.78 bits per heavy atom. The first-order valence-corrected chi connectivity index (χ1v) is 9.90. The Morgan fingerprint density at radius 1 is 1.26 bits per heavy atom. The van der Waals surface area contributed by atoms with Crippen LogP contribution in [0.1, 0.15) is 34.1 Å². The number of carbonyl (C=O) groups is 1. The summed E-state index contributed by atoms with van der Waals surface area (Å²) in [5, 5.41) is 16.7. The highest BCUT2D eigenvalue weighted by Crippen LogP contribution is 2.33. The van der Waals surface area contributed by atoms with Crippen molar-refractivity contribution in [2.45, 2.75) is 32.8 Å². The minimum atomic E-state index is -0.529. The van der Waals surface area contributed by atoms with Crippen LogP contribution < -0.4 is 10.6 Å². The fourth-order valence-electron chi connectivity index (χ4n) is 2.83. The van der Waals surface area contributed by atoms with Crippen LogP contribution in [-0.2, 0) is 6.42 Å². The Morgan fingerprint density at radius 2 is 2.04 bits per heavy atom. The maximum absolute atomic E-state index is 12.5. The lowest BCUT2D eigenvalue weighted by Gasteiger charge is -2.09. The smallest absolute Gasteiger partial charge is 0.261 e. The number of anilines is 1. The van der Waals surface area contributed by atoms with Crippen LogP contribution in [0.3, 0.4) is 0 Å². The van der Waals surface area contributed by atoms with Crippen LogP contribution in [0.5, 0.6) is 0 Å². The van der Waals surface area contributed by atoms with Gasteiger partial charge in [-0.3, -0.25) is 4.79 Å². The molecule has 2 heterocycles. The number of fused-ring (bicyclic) bond motifs is 1. The molecule has 1 amide bonds. The number of nitrogens with zero attached hydrogens (tertiary/aromatic N) is 2. The van der Waals surface area contributed by atoms with Crippen molar-refractivity contribution in [1.29, 1.82) is 0 Å². The number of carbonyl (C=O) groups excluding carboxylic acids is 1. The predicted octanol–water partition coefficient (Wildman–Crippen LogP) is 3.16. The molecule has 0 spiro atoms. The molecule has 0 saturated heterocycles. The molecule has 1 atom stereocenters. The molecular weight excluding hydrogens is 360 g/mol. The molecule has 0 radical (unpaired) electrons. The summed E-state index contributed by atoms with van der Waals surface area (Å²) in [6, 6.07) is 10.3. The maximum atomic E-state index is 12.5. The minimum Gasteiger partial charge on any atom is -0.391 e. The zero-order chi connectivity index (χ0) is 19.2. The Kier molecular flexibility index (Phi) is 6.36. The van der Waals surface area contributed by atoms with E-state index >= 15 is 0 Å². The molecule has 0 unspecified atom stereocenters. The molecule has 0 aliphatic rings. The SMILES string of the molecule is CC[C@@H](O)CNC(=O)c1sc2ncnc(NCCc3ccccc3)c2c1C. The number of benzene rings is 1. The van der Waals surface area contributed by atoms with Crippen LogP contribution in [0.25, 0.3) is 10.2 Å². The third kappa shape index (κ3) is 4.61. The molecule has 0 fully saturated rings. The van der Waals surface area contributed by atoms with Gasteiger partial charge in [-0.2, -0.15) is 0 Å². The van der Waals surface area contributed by atoms with Crippen molar-refractivity contribution >= 4 is 33.3 Å². The molecule has 3 rings (SSSR count). The normalized spacial score (nSPS) is 12.1. The third-order valence-corrected chi connectivity index (χ3v) is 5.65. The van der Waals surface area contributed by atoms with E-state index in [0.29, 0.717) is 11.3 Å². The van der Waals surface area contributed by atoms with Gasteiger partial charge in [-0.25, -0.2) is 9.97 Å². The number of aromatic nitrogens is 2. The highest BCUT2D eigenvalue weighted by molar-refractivity contribution is 7.20. The van der Waals surface area contributed by atoms with E-state index in [2.05, 4.69) is 32.7 Å². The van der Waals surface area contributed by atoms with Crippen molar-refractivity contribution in [3.8, 4) is 0 Å². The predicted molar refractivity (Wildman–Crippen MR) is 109 cm³/mol. The van der Waals surface area contributed by atoms with Crippen molar-refractivity contribution in [3.05, 3.63) is 52.7 Å². The minimum absolute atomic E-state index is 0.182. The first-order valence-electron chi connectivity index (χ1n) is 9.08. The van der Waals surface area contributed by atoms with E-state index in [1.165, 1.54) is 23.2 Å². The van der Waals surface area contributed by atoms with Gasteiger partial charge in [-0.1, -0.05) is 37.3 Å². The molecule has 6 nitrogen and oxygen atoms in total. The van der Waals surface area contributed by atoms with Gasteiger partial charge in [-0.15, -0.1) is 11.3 Å². The first kappa shape index (κ1) is 19.3. The number of rotatable bonds is 8. The average molecular weight is 385 g/mol. The summed E-state index contributed by atoms with van der Waals surface area (Å²) in [7, 11) is 0. The van der Waals surface area contributed by atoms with Gasteiger partial charge in [0.25, 0.3) is 5.91 Å². The second-order valence-electron chi connectivity index (χ2n) is 6.39. The fraction of sp³-hybridized carbons (Fsp3) is 0.350. The standard InChI is InChI=1S/C20H24N4O2S/c1-3-15(25)11-22-19(26)17-13(2)16-18(23-12-24-20(16)27-17)21-10-9-14-7-5-4-6-8-14/h4-8,12,15,25H,3,9-11H2,1-2H3,(H,22,26)(H,21,23,24)/t15-/m1/s1. The van der Waals surface area contributed by atoms with Crippen LogP contribution in [0, 0.1) is 6.92 Å². The number of thiophene rings is 1. The summed E-state index contributed by atoms with van der Waals surface area (Å²) in [6.45, 7) is 4.78. The van der Waals surface area contributed by atoms with E-state index in [9.17, 15) is 9.90 Å². The van der Waals surface area contributed by atoms with Gasteiger partial charge in [0.15, 0.2) is 0 Å². The van der Waals surface area contributed by atoms with Crippen molar-refractivity contribution < 1.29 is 9.90 Å². The number of hydrogen-bond acceptors (Lipinski definition) is 6. The maximum Gasteiger partial charge on any atom is 0.261 e. The Bertz CT molecular complexity index is 911. The second kappa shape index (κ2) is 8.92. The van der Waals surface area contributed by atoms with Gasteiger partial charge in [-0.05, 0) is 30.9 Å². The lowest BCUT2D eigenvalue weighted by atomic mass is 10.1. The van der Waals surface area contributed by atoms with Crippen LogP contribution in [0.15, 0.2) is 36.7 Å². The summed E-state index contributed by atoms with van der Waals surface area (Å²) in [6.07, 6.45) is 2.48. The zero-order valence-electron chi connectivity index (χ0n) is 15.5. The summed E-state index contributed by atoms with van der Waals surface area (Å²) in [5.41, 5.74) is 2.12. The molecule has 7 heteroatoms. The summed E-state index contributed by atoms with van der Waals surface area (Å²) in [4.78, 5) is 22.6. The Balaban J connectivity index is 1.75. The van der Waals surface area contributed by atoms with E-state index < -0.39 is 6.10 Å². The van der Waals surface area contributed by atoms with Crippen LogP contribution in [-0.4, -0.2) is 40.2 Å². The molecule has 142 valence electrons. The molecule has 0 bridgehead atoms. The molecule has 1 aromatic carbocycles. The van der Waals surface area contributed by atoms with Gasteiger partial charge in [0.05, 0.1) is 16.4 Å². The molecule has 3 N–H and O–H groups in total. The molecule has 0 aliphatic carbocycles. The number of nitrogens with one attached hydrogen (secondary N) is 2. The highest BCUT2D eigenvalue weighted by atomic mass is 32.1. The van der Waals surface area contributed by atoms with Gasteiger partial charge in [0, 0.05) is 13.1 Å². The average Bonchev–Trinajstić information content (AvgIpc) is 3.04. The third-order valence-electron chi connectivity index (χ3n) is 4.45. The number of aliphatic hydroxyl groups excluding tert-OH is 1. The number of aryl methyl sites for hydroxylation is 1. The number of amides is 1. The van der Waals surface area contributed by atoms with Gasteiger partial charge >= 0.3 is 0 Å². The van der Waals surface area contributed by atoms with E-state index in [0.717, 1.165) is 34.6 Å². The van der Waals surface area contributed by atoms with Crippen molar-refractivity contribution in [1.82, 2.24) is 15.3 Å². The van der Waals surface area contributed by atoms with Crippen molar-refractivity contribution in [3.63, 3.8) is 0 Å². The quantitative estimate of drug-likeness (QED) is 0.555. The van der Waals surface area contributed by atoms with Crippen molar-refractivity contribution in [2.24, 2.45) is 0 Å². The molecular formula is C20H24N4O2S. The van der Waals surface area contributed by atoms with E-state index in [1.54, 1.807) is 0 Å². The Hall–Kier alpha value is -2.51. The van der Waals surface area contributed by atoms with Gasteiger partial charge in [0.2, 0.25) is 0 Å². The highest BCUT2D eigenvalue weighted by Gasteiger charge is 2.19. The fourth-order valence-corrected chi connectivity index (χ4v) is 3.89. The summed E-state index contributed by atoms with van der Waals surface area (Å²) in [5.74, 6) is 0.565. The number of hydrogen-bond donors (Lipinski definition) is 3. The van der Waals surface area contributed by atoms with Gasteiger partial charge in [0.1, 0.15) is 17.0 Å². The van der Waals surface area contributed by atoms with E-state index in [1.807, 2.05) is 32.0 Å². The zero-order valence-corrected chi connectivity index (χ0v) is 16.3. The summed E-state index contributed by atoms with van der Waals surface area (Å²) < 4.78 is 0. The van der Waals surface area contributed by atoms with Gasteiger partial charge < -0.3 is 15.7 Å². The monoisotopic (exact) mass is 384 g/mol. The lowest BCUT2D eigenvalue weighted by Crippen LogP contribution is -2.31. The molecule has 2 aromatic heterocycles. The largest absolute Gasteiger partial charge is 0.391 e. The van der Waals surface area contributed by atoms with Crippen LogP contribution in [0.4, 0.5) is 5.82 Å². The molecule has 0 saturated carbocycles. The number of aliphatic hydroxyl groups is 1.